The number of benzene rings is 1. The minimum atomic E-state index is -0.651. The van der Waals surface area contributed by atoms with Gasteiger partial charge >= 0.3 is 5.97 Å². The first-order chi connectivity index (χ1) is 8.72. The summed E-state index contributed by atoms with van der Waals surface area (Å²) in [4.78, 5) is 11.6. The van der Waals surface area contributed by atoms with Crippen molar-refractivity contribution in [2.75, 3.05) is 27.1 Å². The quantitative estimate of drug-likeness (QED) is 0.587. The molecule has 0 radical (unpaired) electrons. The number of aliphatic hydroxyl groups excluding tert-OH is 1. The molecule has 1 aromatic carbocycles. The summed E-state index contributed by atoms with van der Waals surface area (Å²) in [7, 11) is 1.54. The van der Waals surface area contributed by atoms with Crippen molar-refractivity contribution in [3.8, 4) is 5.75 Å². The van der Waals surface area contributed by atoms with E-state index in [4.69, 9.17) is 14.2 Å². The van der Waals surface area contributed by atoms with Crippen LogP contribution in [0.2, 0.25) is 0 Å². The number of hydrogen-bond acceptors (Lipinski definition) is 5. The zero-order valence-electron chi connectivity index (χ0n) is 10.6. The van der Waals surface area contributed by atoms with Gasteiger partial charge in [0.15, 0.2) is 6.79 Å². The molecule has 1 unspecified atom stereocenters. The lowest BCUT2D eigenvalue weighted by Crippen LogP contribution is -2.19. The summed E-state index contributed by atoms with van der Waals surface area (Å²) in [5.41, 5.74) is 0.695. The number of rotatable bonds is 7. The highest BCUT2D eigenvalue weighted by molar-refractivity contribution is 5.78. The fraction of sp³-hybridized carbons (Fsp3) is 0.462. The van der Waals surface area contributed by atoms with Gasteiger partial charge in [0.05, 0.1) is 13.2 Å². The van der Waals surface area contributed by atoms with Gasteiger partial charge in [-0.2, -0.15) is 0 Å². The standard InChI is InChI=1S/C13H18O5/c1-3-17-13(15)12(8-14)10-4-6-11(7-5-10)18-9-16-2/h4-7,12,14H,3,8-9H2,1-2H3. The van der Waals surface area contributed by atoms with Crippen molar-refractivity contribution in [3.05, 3.63) is 29.8 Å². The molecular weight excluding hydrogens is 236 g/mol. The van der Waals surface area contributed by atoms with Crippen LogP contribution in [0.1, 0.15) is 18.4 Å². The maximum Gasteiger partial charge on any atom is 0.315 e. The SMILES string of the molecule is CCOC(=O)C(CO)c1ccc(OCOC)cc1. The third-order valence-corrected chi connectivity index (χ3v) is 2.38. The zero-order chi connectivity index (χ0) is 13.4. The molecule has 5 heteroatoms. The summed E-state index contributed by atoms with van der Waals surface area (Å²) in [5.74, 6) is -0.437. The van der Waals surface area contributed by atoms with Crippen LogP contribution < -0.4 is 4.74 Å². The average Bonchev–Trinajstić information content (AvgIpc) is 2.39. The molecule has 1 rings (SSSR count). The number of esters is 1. The Morgan fingerprint density at radius 1 is 1.33 bits per heavy atom. The molecule has 0 aliphatic rings. The van der Waals surface area contributed by atoms with Crippen molar-refractivity contribution in [3.63, 3.8) is 0 Å². The molecule has 0 spiro atoms. The van der Waals surface area contributed by atoms with Crippen LogP contribution in [-0.4, -0.2) is 38.2 Å². The van der Waals surface area contributed by atoms with Crippen LogP contribution in [0.25, 0.3) is 0 Å². The normalized spacial score (nSPS) is 11.9. The number of carbonyl (C=O) groups excluding carboxylic acids is 1. The lowest BCUT2D eigenvalue weighted by Gasteiger charge is -2.13. The van der Waals surface area contributed by atoms with Gasteiger partial charge in [-0.25, -0.2) is 0 Å². The Morgan fingerprint density at radius 3 is 2.50 bits per heavy atom. The van der Waals surface area contributed by atoms with E-state index in [-0.39, 0.29) is 13.4 Å². The van der Waals surface area contributed by atoms with Gasteiger partial charge in [0.2, 0.25) is 0 Å². The van der Waals surface area contributed by atoms with Gasteiger partial charge in [-0.3, -0.25) is 4.79 Å². The first kappa shape index (κ1) is 14.5. The van der Waals surface area contributed by atoms with E-state index < -0.39 is 11.9 Å². The predicted molar refractivity (Wildman–Crippen MR) is 65.4 cm³/mol. The lowest BCUT2D eigenvalue weighted by molar-refractivity contribution is -0.145. The second-order valence-electron chi connectivity index (χ2n) is 3.61. The van der Waals surface area contributed by atoms with Gasteiger partial charge in [0, 0.05) is 7.11 Å². The first-order valence-corrected chi connectivity index (χ1v) is 5.72. The van der Waals surface area contributed by atoms with E-state index in [0.717, 1.165) is 0 Å². The number of aliphatic hydroxyl groups is 1. The monoisotopic (exact) mass is 254 g/mol. The molecule has 1 N–H and O–H groups in total. The number of ether oxygens (including phenoxy) is 3. The van der Waals surface area contributed by atoms with Crippen LogP contribution >= 0.6 is 0 Å². The van der Waals surface area contributed by atoms with E-state index in [9.17, 15) is 9.90 Å². The van der Waals surface area contributed by atoms with Gasteiger partial charge in [-0.1, -0.05) is 12.1 Å². The summed E-state index contributed by atoms with van der Waals surface area (Å²) < 4.78 is 14.9. The molecule has 0 aromatic heterocycles. The lowest BCUT2D eigenvalue weighted by atomic mass is 10.0. The van der Waals surface area contributed by atoms with Crippen LogP contribution in [0, 0.1) is 0 Å². The van der Waals surface area contributed by atoms with Crippen LogP contribution in [-0.2, 0) is 14.3 Å². The smallest absolute Gasteiger partial charge is 0.315 e. The maximum absolute atomic E-state index is 11.6. The maximum atomic E-state index is 11.6. The molecule has 100 valence electrons. The fourth-order valence-corrected chi connectivity index (χ4v) is 1.48. The Balaban J connectivity index is 2.72. The van der Waals surface area contributed by atoms with Crippen LogP contribution in [0.5, 0.6) is 5.75 Å². The van der Waals surface area contributed by atoms with Gasteiger partial charge in [-0.05, 0) is 24.6 Å². The molecule has 1 atom stereocenters. The third kappa shape index (κ3) is 4.01. The van der Waals surface area contributed by atoms with Crippen molar-refractivity contribution < 1.29 is 24.1 Å². The molecule has 1 aromatic rings. The minimum absolute atomic E-state index is 0.167. The molecule has 18 heavy (non-hydrogen) atoms. The van der Waals surface area contributed by atoms with Crippen LogP contribution in [0.4, 0.5) is 0 Å². The Morgan fingerprint density at radius 2 is 2.00 bits per heavy atom. The van der Waals surface area contributed by atoms with Crippen molar-refractivity contribution >= 4 is 5.97 Å². The van der Waals surface area contributed by atoms with Crippen molar-refractivity contribution in [1.82, 2.24) is 0 Å². The Bertz CT molecular complexity index is 360. The molecule has 0 saturated carbocycles. The fourth-order valence-electron chi connectivity index (χ4n) is 1.48. The Hall–Kier alpha value is -1.59. The number of carbonyl (C=O) groups is 1. The highest BCUT2D eigenvalue weighted by atomic mass is 16.7. The molecule has 5 nitrogen and oxygen atoms in total. The minimum Gasteiger partial charge on any atom is -0.468 e. The van der Waals surface area contributed by atoms with E-state index in [1.165, 1.54) is 7.11 Å². The Kier molecular flexibility index (Phi) is 6.18. The van der Waals surface area contributed by atoms with Crippen molar-refractivity contribution in [1.29, 1.82) is 0 Å². The molecule has 0 bridgehead atoms. The summed E-state index contributed by atoms with van der Waals surface area (Å²) in [5, 5.41) is 9.24. The second-order valence-corrected chi connectivity index (χ2v) is 3.61. The van der Waals surface area contributed by atoms with E-state index in [1.54, 1.807) is 31.2 Å². The van der Waals surface area contributed by atoms with E-state index >= 15 is 0 Å². The van der Waals surface area contributed by atoms with E-state index in [2.05, 4.69) is 0 Å². The molecule has 0 saturated heterocycles. The largest absolute Gasteiger partial charge is 0.468 e. The molecule has 0 aliphatic heterocycles. The van der Waals surface area contributed by atoms with Crippen molar-refractivity contribution in [2.24, 2.45) is 0 Å². The summed E-state index contributed by atoms with van der Waals surface area (Å²) in [6.07, 6.45) is 0. The van der Waals surface area contributed by atoms with Crippen LogP contribution in [0.3, 0.4) is 0 Å². The summed E-state index contributed by atoms with van der Waals surface area (Å²) >= 11 is 0. The summed E-state index contributed by atoms with van der Waals surface area (Å²) in [6, 6.07) is 6.89. The molecule has 0 heterocycles. The highest BCUT2D eigenvalue weighted by Gasteiger charge is 2.20. The second kappa shape index (κ2) is 7.68. The molecular formula is C13H18O5. The van der Waals surface area contributed by atoms with E-state index in [1.807, 2.05) is 0 Å². The van der Waals surface area contributed by atoms with Gasteiger partial charge in [-0.15, -0.1) is 0 Å². The Labute approximate surface area is 106 Å². The number of methoxy groups -OCH3 is 1. The summed E-state index contributed by atoms with van der Waals surface area (Å²) in [6.45, 7) is 1.91. The first-order valence-electron chi connectivity index (χ1n) is 5.72. The van der Waals surface area contributed by atoms with Gasteiger partial charge in [0.1, 0.15) is 11.7 Å². The van der Waals surface area contributed by atoms with E-state index in [0.29, 0.717) is 17.9 Å². The average molecular weight is 254 g/mol. The third-order valence-electron chi connectivity index (χ3n) is 2.38. The number of hydrogen-bond donors (Lipinski definition) is 1. The highest BCUT2D eigenvalue weighted by Crippen LogP contribution is 2.20. The zero-order valence-corrected chi connectivity index (χ0v) is 10.6. The predicted octanol–water partition coefficient (Wildman–Crippen LogP) is 1.31. The molecule has 0 amide bonds. The van der Waals surface area contributed by atoms with Crippen LogP contribution in [0.15, 0.2) is 24.3 Å². The molecule has 0 fully saturated rings. The topological polar surface area (TPSA) is 65.0 Å². The van der Waals surface area contributed by atoms with Crippen molar-refractivity contribution in [2.45, 2.75) is 12.8 Å². The molecule has 0 aliphatic carbocycles. The van der Waals surface area contributed by atoms with Gasteiger partial charge < -0.3 is 19.3 Å². The van der Waals surface area contributed by atoms with Gasteiger partial charge in [0.25, 0.3) is 0 Å².